The first-order valence-electron chi connectivity index (χ1n) is 9.34. The molecule has 134 valence electrons. The summed E-state index contributed by atoms with van der Waals surface area (Å²) >= 11 is 0. The zero-order valence-electron chi connectivity index (χ0n) is 15.0. The molecule has 0 radical (unpaired) electrons. The highest BCUT2D eigenvalue weighted by Gasteiger charge is 2.34. The monoisotopic (exact) mass is 333 g/mol. The summed E-state index contributed by atoms with van der Waals surface area (Å²) in [6.07, 6.45) is 6.94. The van der Waals surface area contributed by atoms with Gasteiger partial charge in [-0.05, 0) is 49.8 Å². The van der Waals surface area contributed by atoms with Crippen molar-refractivity contribution in [2.45, 2.75) is 63.7 Å². The first-order chi connectivity index (χ1) is 11.7. The molecule has 4 heteroatoms. The Morgan fingerprint density at radius 1 is 1.21 bits per heavy atom. The van der Waals surface area contributed by atoms with Crippen LogP contribution in [0.4, 0.5) is 0 Å². The number of rotatable bonds is 6. The van der Waals surface area contributed by atoms with Crippen LogP contribution in [-0.4, -0.2) is 55.1 Å². The number of likely N-dealkylation sites (tertiary alicyclic amines) is 1. The molecule has 2 aliphatic rings. The largest absolute Gasteiger partial charge is 0.496 e. The first-order valence-corrected chi connectivity index (χ1v) is 9.34. The summed E-state index contributed by atoms with van der Waals surface area (Å²) in [4.78, 5) is 2.45. The maximum Gasteiger partial charge on any atom is 0.121 e. The second-order valence-electron chi connectivity index (χ2n) is 7.25. The first kappa shape index (κ1) is 17.7. The number of aliphatic hydroxyl groups is 1. The molecule has 2 fully saturated rings. The Bertz CT molecular complexity index is 534. The smallest absolute Gasteiger partial charge is 0.121 e. The third-order valence-electron chi connectivity index (χ3n) is 5.51. The number of ether oxygens (including phenoxy) is 2. The van der Waals surface area contributed by atoms with Gasteiger partial charge in [0.2, 0.25) is 0 Å². The van der Waals surface area contributed by atoms with Crippen molar-refractivity contribution >= 4 is 0 Å². The van der Waals surface area contributed by atoms with Crippen molar-refractivity contribution < 1.29 is 14.6 Å². The fourth-order valence-electron chi connectivity index (χ4n) is 4.18. The van der Waals surface area contributed by atoms with Crippen molar-refractivity contribution in [3.63, 3.8) is 0 Å². The minimum Gasteiger partial charge on any atom is -0.496 e. The lowest BCUT2D eigenvalue weighted by molar-refractivity contribution is -0.0316. The molecule has 1 saturated heterocycles. The van der Waals surface area contributed by atoms with Gasteiger partial charge in [0.25, 0.3) is 0 Å². The summed E-state index contributed by atoms with van der Waals surface area (Å²) in [6, 6.07) is 6.86. The van der Waals surface area contributed by atoms with Gasteiger partial charge in [-0.15, -0.1) is 0 Å². The minimum absolute atomic E-state index is 0.144. The van der Waals surface area contributed by atoms with Gasteiger partial charge in [0, 0.05) is 19.1 Å². The van der Waals surface area contributed by atoms with Gasteiger partial charge in [0.1, 0.15) is 5.75 Å². The van der Waals surface area contributed by atoms with Crippen LogP contribution in [0, 0.1) is 6.92 Å². The second-order valence-corrected chi connectivity index (χ2v) is 7.25. The van der Waals surface area contributed by atoms with Gasteiger partial charge < -0.3 is 14.6 Å². The van der Waals surface area contributed by atoms with E-state index in [1.54, 1.807) is 7.11 Å². The van der Waals surface area contributed by atoms with Crippen molar-refractivity contribution in [3.05, 3.63) is 29.3 Å². The van der Waals surface area contributed by atoms with Crippen LogP contribution in [-0.2, 0) is 11.2 Å². The Kier molecular flexibility index (Phi) is 6.14. The molecule has 1 heterocycles. The molecule has 1 aromatic rings. The number of nitrogens with zero attached hydrogens (tertiary/aromatic N) is 1. The van der Waals surface area contributed by atoms with Gasteiger partial charge in [0.05, 0.1) is 25.9 Å². The van der Waals surface area contributed by atoms with E-state index in [0.29, 0.717) is 12.1 Å². The van der Waals surface area contributed by atoms with Gasteiger partial charge in [0.15, 0.2) is 0 Å². The van der Waals surface area contributed by atoms with Crippen LogP contribution in [0.15, 0.2) is 18.2 Å². The Balaban J connectivity index is 1.51. The summed E-state index contributed by atoms with van der Waals surface area (Å²) in [6.45, 7) is 4.69. The fourth-order valence-corrected chi connectivity index (χ4v) is 4.18. The zero-order chi connectivity index (χ0) is 16.9. The number of hydrogen-bond donors (Lipinski definition) is 1. The summed E-state index contributed by atoms with van der Waals surface area (Å²) in [5, 5.41) is 9.82. The summed E-state index contributed by atoms with van der Waals surface area (Å²) < 4.78 is 11.6. The van der Waals surface area contributed by atoms with Crippen molar-refractivity contribution in [1.29, 1.82) is 0 Å². The van der Waals surface area contributed by atoms with Gasteiger partial charge in [-0.25, -0.2) is 0 Å². The average molecular weight is 333 g/mol. The summed E-state index contributed by atoms with van der Waals surface area (Å²) in [7, 11) is 1.71. The van der Waals surface area contributed by atoms with Crippen LogP contribution < -0.4 is 4.74 Å². The molecule has 0 bridgehead atoms. The molecular weight excluding hydrogens is 302 g/mol. The molecule has 0 spiro atoms. The van der Waals surface area contributed by atoms with E-state index in [1.165, 1.54) is 30.4 Å². The van der Waals surface area contributed by atoms with Crippen LogP contribution in [0.1, 0.15) is 43.2 Å². The highest BCUT2D eigenvalue weighted by molar-refractivity contribution is 5.36. The molecule has 1 aliphatic carbocycles. The standard InChI is InChI=1S/C20H31NO3/c1-15-13-16(7-8-19(15)23-2)10-12-24-20-6-4-3-5-18(20)21-11-9-17(22)14-21/h7-8,13,17-18,20,22H,3-6,9-12,14H2,1-2H3/t17-,18+,20?/m1/s1. The van der Waals surface area contributed by atoms with Crippen LogP contribution >= 0.6 is 0 Å². The molecule has 0 amide bonds. The van der Waals surface area contributed by atoms with E-state index < -0.39 is 0 Å². The van der Waals surface area contributed by atoms with E-state index in [1.807, 2.05) is 6.07 Å². The number of β-amino-alcohol motifs (C(OH)–C–C–N with tert-alkyl or cyclic N) is 1. The van der Waals surface area contributed by atoms with E-state index in [0.717, 1.165) is 44.7 Å². The number of hydrogen-bond acceptors (Lipinski definition) is 4. The molecular formula is C20H31NO3. The van der Waals surface area contributed by atoms with Crippen LogP contribution in [0.25, 0.3) is 0 Å². The number of aryl methyl sites for hydroxylation is 1. The Hall–Kier alpha value is -1.10. The number of methoxy groups -OCH3 is 1. The Morgan fingerprint density at radius 3 is 2.75 bits per heavy atom. The fraction of sp³-hybridized carbons (Fsp3) is 0.700. The lowest BCUT2D eigenvalue weighted by Gasteiger charge is -2.37. The molecule has 1 aromatic carbocycles. The lowest BCUT2D eigenvalue weighted by Crippen LogP contribution is -2.46. The quantitative estimate of drug-likeness (QED) is 0.869. The van der Waals surface area contributed by atoms with Gasteiger partial charge >= 0.3 is 0 Å². The second kappa shape index (κ2) is 8.32. The van der Waals surface area contributed by atoms with E-state index in [9.17, 15) is 5.11 Å². The maximum absolute atomic E-state index is 9.82. The molecule has 1 aliphatic heterocycles. The zero-order valence-corrected chi connectivity index (χ0v) is 15.0. The van der Waals surface area contributed by atoms with E-state index in [4.69, 9.17) is 9.47 Å². The molecule has 24 heavy (non-hydrogen) atoms. The highest BCUT2D eigenvalue weighted by Crippen LogP contribution is 2.28. The van der Waals surface area contributed by atoms with E-state index >= 15 is 0 Å². The Morgan fingerprint density at radius 2 is 2.04 bits per heavy atom. The van der Waals surface area contributed by atoms with Gasteiger partial charge in [-0.3, -0.25) is 4.90 Å². The average Bonchev–Trinajstić information content (AvgIpc) is 3.02. The summed E-state index contributed by atoms with van der Waals surface area (Å²) in [5.74, 6) is 0.944. The Labute approximate surface area is 145 Å². The van der Waals surface area contributed by atoms with E-state index in [2.05, 4.69) is 24.0 Å². The summed E-state index contributed by atoms with van der Waals surface area (Å²) in [5.41, 5.74) is 2.48. The highest BCUT2D eigenvalue weighted by atomic mass is 16.5. The molecule has 0 aromatic heterocycles. The molecule has 3 rings (SSSR count). The third-order valence-corrected chi connectivity index (χ3v) is 5.51. The normalized spacial score (nSPS) is 28.2. The molecule has 4 nitrogen and oxygen atoms in total. The predicted octanol–water partition coefficient (Wildman–Crippen LogP) is 2.94. The van der Waals surface area contributed by atoms with Gasteiger partial charge in [-0.2, -0.15) is 0 Å². The van der Waals surface area contributed by atoms with Crippen molar-refractivity contribution in [1.82, 2.24) is 4.90 Å². The molecule has 1 N–H and O–H groups in total. The topological polar surface area (TPSA) is 41.9 Å². The maximum atomic E-state index is 9.82. The van der Waals surface area contributed by atoms with Crippen LogP contribution in [0.3, 0.4) is 0 Å². The minimum atomic E-state index is -0.144. The third kappa shape index (κ3) is 4.29. The van der Waals surface area contributed by atoms with Crippen molar-refractivity contribution in [2.75, 3.05) is 26.8 Å². The SMILES string of the molecule is COc1ccc(CCOC2CCCC[C@@H]2N2CC[C@@H](O)C2)cc1C. The number of benzene rings is 1. The molecule has 1 saturated carbocycles. The van der Waals surface area contributed by atoms with Gasteiger partial charge in [-0.1, -0.05) is 25.0 Å². The predicted molar refractivity (Wildman–Crippen MR) is 95.6 cm³/mol. The van der Waals surface area contributed by atoms with Crippen LogP contribution in [0.2, 0.25) is 0 Å². The number of aliphatic hydroxyl groups excluding tert-OH is 1. The molecule has 1 unspecified atom stereocenters. The van der Waals surface area contributed by atoms with E-state index in [-0.39, 0.29) is 6.10 Å². The van der Waals surface area contributed by atoms with Crippen molar-refractivity contribution in [2.24, 2.45) is 0 Å². The molecule has 3 atom stereocenters. The van der Waals surface area contributed by atoms with Crippen molar-refractivity contribution in [3.8, 4) is 5.75 Å². The lowest BCUT2D eigenvalue weighted by atomic mass is 9.91. The van der Waals surface area contributed by atoms with Crippen LogP contribution in [0.5, 0.6) is 5.75 Å².